The minimum absolute atomic E-state index is 0.106. The lowest BCUT2D eigenvalue weighted by Crippen LogP contribution is -2.11. The largest absolute Gasteiger partial charge is 0.485 e. The average molecular weight is 309 g/mol. The topological polar surface area (TPSA) is 26.3 Å². The number of hydrogen-bond donors (Lipinski definition) is 0. The first-order valence-corrected chi connectivity index (χ1v) is 6.11. The van der Waals surface area contributed by atoms with Crippen LogP contribution in [0, 0.1) is 5.82 Å². The summed E-state index contributed by atoms with van der Waals surface area (Å²) in [5.41, 5.74) is 0.312. The van der Waals surface area contributed by atoms with Crippen molar-refractivity contribution in [1.82, 2.24) is 0 Å². The van der Waals surface area contributed by atoms with Crippen molar-refractivity contribution in [2.75, 3.05) is 6.61 Å². The van der Waals surface area contributed by atoms with Gasteiger partial charge >= 0.3 is 0 Å². The molecular weight excluding hydrogens is 299 g/mol. The van der Waals surface area contributed by atoms with Gasteiger partial charge in [-0.25, -0.2) is 4.39 Å². The second-order valence-electron chi connectivity index (χ2n) is 3.68. The number of hydrogen-bond acceptors (Lipinski definition) is 2. The van der Waals surface area contributed by atoms with Crippen molar-refractivity contribution >= 4 is 21.7 Å². The van der Waals surface area contributed by atoms with Gasteiger partial charge in [0.2, 0.25) is 0 Å². The summed E-state index contributed by atoms with van der Waals surface area (Å²) in [6, 6.07) is 12.7. The molecular formula is C14H10BrFO2. The molecule has 2 rings (SSSR count). The molecule has 0 amide bonds. The highest BCUT2D eigenvalue weighted by Gasteiger charge is 2.07. The fraction of sp³-hybridized carbons (Fsp3) is 0.0714. The number of halogens is 2. The van der Waals surface area contributed by atoms with E-state index in [0.29, 0.717) is 11.3 Å². The van der Waals surface area contributed by atoms with E-state index in [1.54, 1.807) is 18.2 Å². The molecule has 2 aromatic carbocycles. The second-order valence-corrected chi connectivity index (χ2v) is 4.59. The van der Waals surface area contributed by atoms with E-state index in [0.717, 1.165) is 4.47 Å². The van der Waals surface area contributed by atoms with Crippen LogP contribution >= 0.6 is 15.9 Å². The summed E-state index contributed by atoms with van der Waals surface area (Å²) < 4.78 is 19.2. The minimum Gasteiger partial charge on any atom is -0.485 e. The summed E-state index contributed by atoms with van der Waals surface area (Å²) in [7, 11) is 0. The van der Waals surface area contributed by atoms with Crippen LogP contribution in [-0.4, -0.2) is 12.4 Å². The van der Waals surface area contributed by atoms with Crippen LogP contribution in [0.3, 0.4) is 0 Å². The standard InChI is InChI=1S/C14H10BrFO2/c15-11-4-6-13(7-5-11)18-9-14(17)10-2-1-3-12(16)8-10/h1-8H,9H2. The zero-order chi connectivity index (χ0) is 13.0. The predicted octanol–water partition coefficient (Wildman–Crippen LogP) is 3.85. The van der Waals surface area contributed by atoms with E-state index in [1.807, 2.05) is 12.1 Å². The van der Waals surface area contributed by atoms with E-state index in [2.05, 4.69) is 15.9 Å². The zero-order valence-corrected chi connectivity index (χ0v) is 11.0. The Balaban J connectivity index is 1.98. The van der Waals surface area contributed by atoms with Crippen molar-refractivity contribution in [2.45, 2.75) is 0 Å². The number of carbonyl (C=O) groups excluding carboxylic acids is 1. The van der Waals surface area contributed by atoms with Crippen LogP contribution in [0.1, 0.15) is 10.4 Å². The van der Waals surface area contributed by atoms with Crippen molar-refractivity contribution in [2.24, 2.45) is 0 Å². The Morgan fingerprint density at radius 2 is 1.89 bits per heavy atom. The van der Waals surface area contributed by atoms with Crippen molar-refractivity contribution in [3.63, 3.8) is 0 Å². The van der Waals surface area contributed by atoms with Crippen LogP contribution in [0.4, 0.5) is 4.39 Å². The number of ketones is 1. The van der Waals surface area contributed by atoms with Crippen molar-refractivity contribution in [3.05, 3.63) is 64.4 Å². The molecule has 0 unspecified atom stereocenters. The summed E-state index contributed by atoms with van der Waals surface area (Å²) in [6.07, 6.45) is 0. The molecule has 0 fully saturated rings. The molecule has 0 N–H and O–H groups in total. The maximum atomic E-state index is 12.9. The highest BCUT2D eigenvalue weighted by molar-refractivity contribution is 9.10. The first kappa shape index (κ1) is 12.8. The Morgan fingerprint density at radius 3 is 2.56 bits per heavy atom. The fourth-order valence-corrected chi connectivity index (χ4v) is 1.69. The Kier molecular flexibility index (Phi) is 4.10. The first-order valence-electron chi connectivity index (χ1n) is 5.32. The third kappa shape index (κ3) is 3.40. The quantitative estimate of drug-likeness (QED) is 0.802. The van der Waals surface area contributed by atoms with Gasteiger partial charge in [-0.3, -0.25) is 4.79 Å². The highest BCUT2D eigenvalue weighted by atomic mass is 79.9. The molecule has 0 radical (unpaired) electrons. The molecule has 0 aliphatic rings. The van der Waals surface area contributed by atoms with Gasteiger partial charge < -0.3 is 4.74 Å². The molecule has 0 bridgehead atoms. The van der Waals surface area contributed by atoms with Gasteiger partial charge in [0, 0.05) is 10.0 Å². The summed E-state index contributed by atoms with van der Waals surface area (Å²) in [4.78, 5) is 11.7. The molecule has 0 atom stereocenters. The molecule has 0 aliphatic heterocycles. The lowest BCUT2D eigenvalue weighted by atomic mass is 10.1. The Bertz CT molecular complexity index is 552. The molecule has 0 aliphatic carbocycles. The van der Waals surface area contributed by atoms with E-state index < -0.39 is 5.82 Å². The van der Waals surface area contributed by atoms with Crippen molar-refractivity contribution in [3.8, 4) is 5.75 Å². The van der Waals surface area contributed by atoms with Gasteiger partial charge in [-0.05, 0) is 36.4 Å². The summed E-state index contributed by atoms with van der Waals surface area (Å²) in [5, 5.41) is 0. The monoisotopic (exact) mass is 308 g/mol. The number of Topliss-reactive ketones (excluding diaryl/α,β-unsaturated/α-hetero) is 1. The lowest BCUT2D eigenvalue weighted by Gasteiger charge is -2.05. The van der Waals surface area contributed by atoms with E-state index in [9.17, 15) is 9.18 Å². The Morgan fingerprint density at radius 1 is 1.17 bits per heavy atom. The van der Waals surface area contributed by atoms with Gasteiger partial charge in [-0.2, -0.15) is 0 Å². The second kappa shape index (κ2) is 5.78. The SMILES string of the molecule is O=C(COc1ccc(Br)cc1)c1cccc(F)c1. The van der Waals surface area contributed by atoms with Gasteiger partial charge in [0.05, 0.1) is 0 Å². The summed E-state index contributed by atoms with van der Waals surface area (Å²) in [6.45, 7) is -0.106. The van der Waals surface area contributed by atoms with Gasteiger partial charge in [-0.1, -0.05) is 28.1 Å². The van der Waals surface area contributed by atoms with E-state index in [4.69, 9.17) is 4.74 Å². The normalized spacial score (nSPS) is 10.1. The van der Waals surface area contributed by atoms with E-state index in [1.165, 1.54) is 18.2 Å². The third-order valence-corrected chi connectivity index (χ3v) is 2.86. The average Bonchev–Trinajstić information content (AvgIpc) is 2.38. The van der Waals surface area contributed by atoms with Crippen LogP contribution in [0.15, 0.2) is 53.0 Å². The van der Waals surface area contributed by atoms with Crippen LogP contribution < -0.4 is 4.74 Å². The summed E-state index contributed by atoms with van der Waals surface area (Å²) in [5.74, 6) is -0.0788. The van der Waals surface area contributed by atoms with Crippen LogP contribution in [-0.2, 0) is 0 Å². The molecule has 0 heterocycles. The molecule has 0 saturated heterocycles. The Hall–Kier alpha value is -1.68. The molecule has 0 spiro atoms. The van der Waals surface area contributed by atoms with E-state index in [-0.39, 0.29) is 12.4 Å². The van der Waals surface area contributed by atoms with Crippen molar-refractivity contribution < 1.29 is 13.9 Å². The molecule has 92 valence electrons. The van der Waals surface area contributed by atoms with Gasteiger partial charge in [-0.15, -0.1) is 0 Å². The number of carbonyl (C=O) groups is 1. The molecule has 0 aromatic heterocycles. The number of ether oxygens (including phenoxy) is 1. The maximum absolute atomic E-state index is 12.9. The van der Waals surface area contributed by atoms with Crippen LogP contribution in [0.5, 0.6) is 5.75 Å². The van der Waals surface area contributed by atoms with Crippen molar-refractivity contribution in [1.29, 1.82) is 0 Å². The number of rotatable bonds is 4. The molecule has 2 nitrogen and oxygen atoms in total. The van der Waals surface area contributed by atoms with Gasteiger partial charge in [0.1, 0.15) is 11.6 Å². The predicted molar refractivity (Wildman–Crippen MR) is 70.4 cm³/mol. The molecule has 18 heavy (non-hydrogen) atoms. The summed E-state index contributed by atoms with van der Waals surface area (Å²) >= 11 is 3.31. The lowest BCUT2D eigenvalue weighted by molar-refractivity contribution is 0.0921. The first-order chi connectivity index (χ1) is 8.65. The zero-order valence-electron chi connectivity index (χ0n) is 9.40. The number of benzene rings is 2. The molecule has 0 saturated carbocycles. The minimum atomic E-state index is -0.426. The third-order valence-electron chi connectivity index (χ3n) is 2.33. The van der Waals surface area contributed by atoms with Crippen LogP contribution in [0.25, 0.3) is 0 Å². The fourth-order valence-electron chi connectivity index (χ4n) is 1.42. The Labute approximate surface area is 113 Å². The maximum Gasteiger partial charge on any atom is 0.200 e. The van der Waals surface area contributed by atoms with Crippen LogP contribution in [0.2, 0.25) is 0 Å². The van der Waals surface area contributed by atoms with Gasteiger partial charge in [0.15, 0.2) is 12.4 Å². The van der Waals surface area contributed by atoms with E-state index >= 15 is 0 Å². The molecule has 2 aromatic rings. The molecule has 4 heteroatoms. The highest BCUT2D eigenvalue weighted by Crippen LogP contribution is 2.16. The van der Waals surface area contributed by atoms with Gasteiger partial charge in [0.25, 0.3) is 0 Å². The smallest absolute Gasteiger partial charge is 0.200 e.